The highest BCUT2D eigenvalue weighted by Crippen LogP contribution is 2.45. The zero-order valence-corrected chi connectivity index (χ0v) is 75.8. The number of phosphoric ester groups is 2. The molecule has 666 valence electrons. The highest BCUT2D eigenvalue weighted by molar-refractivity contribution is 7.47. The number of aliphatic hydroxyl groups excluding tert-OH is 1. The average Bonchev–Trinajstić information content (AvgIpc) is 0.899. The summed E-state index contributed by atoms with van der Waals surface area (Å²) in [5.74, 6) is -0.445. The third-order valence-corrected chi connectivity index (χ3v) is 24.6. The minimum Gasteiger partial charge on any atom is -0.462 e. The fraction of sp³-hybridized carbons (Fsp3) is 0.957. The van der Waals surface area contributed by atoms with Crippen LogP contribution in [0.1, 0.15) is 504 Å². The number of hydrogen-bond donors (Lipinski definition) is 3. The molecule has 0 heterocycles. The quantitative estimate of drug-likeness (QED) is 0.0222. The van der Waals surface area contributed by atoms with Crippen molar-refractivity contribution in [1.82, 2.24) is 0 Å². The van der Waals surface area contributed by atoms with E-state index in [1.807, 2.05) is 0 Å². The second kappa shape index (κ2) is 84.1. The first kappa shape index (κ1) is 110. The summed E-state index contributed by atoms with van der Waals surface area (Å²) >= 11 is 0. The van der Waals surface area contributed by atoms with Gasteiger partial charge in [0, 0.05) is 25.7 Å². The van der Waals surface area contributed by atoms with Gasteiger partial charge in [-0.25, -0.2) is 9.13 Å². The molecule has 0 rings (SSSR count). The van der Waals surface area contributed by atoms with Crippen LogP contribution >= 0.6 is 15.6 Å². The molecule has 3 N–H and O–H groups in total. The first-order valence-corrected chi connectivity index (χ1v) is 51.1. The average molecular weight is 1630 g/mol. The van der Waals surface area contributed by atoms with Gasteiger partial charge in [-0.15, -0.1) is 0 Å². The Morgan fingerprint density at radius 1 is 0.250 bits per heavy atom. The zero-order chi connectivity index (χ0) is 82.0. The number of esters is 4. The van der Waals surface area contributed by atoms with Gasteiger partial charge in [0.25, 0.3) is 0 Å². The van der Waals surface area contributed by atoms with E-state index in [0.29, 0.717) is 25.7 Å². The molecule has 0 radical (unpaired) electrons. The van der Waals surface area contributed by atoms with Crippen molar-refractivity contribution in [3.05, 3.63) is 0 Å². The van der Waals surface area contributed by atoms with Gasteiger partial charge in [-0.2, -0.15) is 0 Å². The van der Waals surface area contributed by atoms with E-state index in [0.717, 1.165) is 102 Å². The molecule has 0 aromatic rings. The maximum Gasteiger partial charge on any atom is 0.472 e. The van der Waals surface area contributed by atoms with Crippen molar-refractivity contribution in [3.8, 4) is 0 Å². The summed E-state index contributed by atoms with van der Waals surface area (Å²) in [5.41, 5.74) is 0. The summed E-state index contributed by atoms with van der Waals surface area (Å²) in [4.78, 5) is 73.5. The monoisotopic (exact) mass is 1630 g/mol. The number of carbonyl (C=O) groups excluding carboxylic acids is 4. The number of aliphatic hydroxyl groups is 1. The van der Waals surface area contributed by atoms with Crippen LogP contribution in [0.3, 0.4) is 0 Å². The lowest BCUT2D eigenvalue weighted by Gasteiger charge is -2.21. The smallest absolute Gasteiger partial charge is 0.462 e. The molecule has 0 aliphatic carbocycles. The fourth-order valence-electron chi connectivity index (χ4n) is 14.6. The number of carbonyl (C=O) groups is 4. The standard InChI is InChI=1S/C93H182O17P2/c1-7-11-13-15-17-19-21-23-25-27-29-34-38-42-46-50-57-63-69-75-90(95)103-81-88(109-92(97)77-71-66-60-52-48-44-40-36-32-31-33-37-41-45-49-55-61-67-73-85(5)9-3)83-107-111(99,100)105-79-87(94)80-106-112(101,102)108-84-89(82-104-91(96)76-70-64-58-54-53-56-62-68-74-86(6)10-4)110-93(98)78-72-65-59-51-47-43-39-35-30-28-26-24-22-20-18-16-14-12-8-2/h85-89,94H,7-84H2,1-6H3,(H,99,100)(H,101,102)/t85?,86?,87-,88-,89-/m1/s1. The van der Waals surface area contributed by atoms with E-state index >= 15 is 0 Å². The van der Waals surface area contributed by atoms with Crippen LogP contribution in [0, 0.1) is 11.8 Å². The summed E-state index contributed by atoms with van der Waals surface area (Å²) in [5, 5.41) is 10.7. The summed E-state index contributed by atoms with van der Waals surface area (Å²) in [6.07, 6.45) is 79.2. The number of phosphoric acid groups is 2. The lowest BCUT2D eigenvalue weighted by atomic mass is 9.99. The lowest BCUT2D eigenvalue weighted by molar-refractivity contribution is -0.161. The molecular formula is C93H182O17P2. The number of unbranched alkanes of at least 4 members (excludes halogenated alkanes) is 60. The maximum atomic E-state index is 13.2. The molecule has 17 nitrogen and oxygen atoms in total. The van der Waals surface area contributed by atoms with Gasteiger partial charge in [0.2, 0.25) is 0 Å². The Hall–Kier alpha value is -1.94. The molecule has 0 spiro atoms. The Morgan fingerprint density at radius 2 is 0.429 bits per heavy atom. The molecule has 0 aliphatic rings. The Kier molecular flexibility index (Phi) is 82.6. The number of hydrogen-bond acceptors (Lipinski definition) is 15. The second-order valence-electron chi connectivity index (χ2n) is 33.9. The van der Waals surface area contributed by atoms with Crippen LogP contribution in [-0.2, 0) is 65.4 Å². The molecule has 112 heavy (non-hydrogen) atoms. The fourth-order valence-corrected chi connectivity index (χ4v) is 16.2. The van der Waals surface area contributed by atoms with Crippen molar-refractivity contribution in [2.45, 2.75) is 522 Å². The molecule has 19 heteroatoms. The van der Waals surface area contributed by atoms with E-state index in [4.69, 9.17) is 37.0 Å². The van der Waals surface area contributed by atoms with Crippen molar-refractivity contribution in [3.63, 3.8) is 0 Å². The third-order valence-electron chi connectivity index (χ3n) is 22.7. The molecule has 0 aromatic carbocycles. The van der Waals surface area contributed by atoms with Crippen LogP contribution < -0.4 is 0 Å². The number of ether oxygens (including phenoxy) is 4. The molecule has 0 saturated heterocycles. The van der Waals surface area contributed by atoms with Crippen molar-refractivity contribution in [1.29, 1.82) is 0 Å². The van der Waals surface area contributed by atoms with Crippen LogP contribution in [0.2, 0.25) is 0 Å². The maximum absolute atomic E-state index is 13.2. The van der Waals surface area contributed by atoms with Crippen LogP contribution in [0.15, 0.2) is 0 Å². The Balaban J connectivity index is 5.25. The SMILES string of the molecule is CCCCCCCCCCCCCCCCCCCCCC(=O)OC[C@H](COP(=O)(O)OC[C@@H](O)COP(=O)(O)OC[C@@H](COC(=O)CCCCCCCCCCC(C)CC)OC(=O)CCCCCCCCCCCCCCCCCCCCC)OC(=O)CCCCCCCCCCCCCCCCCCCCC(C)CC. The third kappa shape index (κ3) is 83.1. The summed E-state index contributed by atoms with van der Waals surface area (Å²) in [6.45, 7) is 9.79. The summed E-state index contributed by atoms with van der Waals surface area (Å²) < 4.78 is 69.2. The molecule has 4 unspecified atom stereocenters. The molecule has 7 atom stereocenters. The molecule has 0 fully saturated rings. The highest BCUT2D eigenvalue weighted by atomic mass is 31.2. The topological polar surface area (TPSA) is 237 Å². The molecule has 0 saturated carbocycles. The van der Waals surface area contributed by atoms with E-state index in [-0.39, 0.29) is 25.7 Å². The minimum absolute atomic E-state index is 0.109. The van der Waals surface area contributed by atoms with Crippen molar-refractivity contribution < 1.29 is 80.2 Å². The van der Waals surface area contributed by atoms with E-state index < -0.39 is 97.5 Å². The van der Waals surface area contributed by atoms with Crippen molar-refractivity contribution in [2.24, 2.45) is 11.8 Å². The first-order chi connectivity index (χ1) is 54.4. The van der Waals surface area contributed by atoms with Gasteiger partial charge in [-0.1, -0.05) is 452 Å². The van der Waals surface area contributed by atoms with Gasteiger partial charge >= 0.3 is 39.5 Å². The second-order valence-corrected chi connectivity index (χ2v) is 36.8. The van der Waals surface area contributed by atoms with Crippen molar-refractivity contribution in [2.75, 3.05) is 39.6 Å². The van der Waals surface area contributed by atoms with Gasteiger partial charge in [0.15, 0.2) is 12.2 Å². The molecule has 0 aromatic heterocycles. The van der Waals surface area contributed by atoms with Gasteiger partial charge in [-0.3, -0.25) is 37.3 Å². The van der Waals surface area contributed by atoms with E-state index in [2.05, 4.69) is 41.5 Å². The molecular weight excluding hydrogens is 1450 g/mol. The summed E-state index contributed by atoms with van der Waals surface area (Å²) in [6, 6.07) is 0. The van der Waals surface area contributed by atoms with Crippen LogP contribution in [0.5, 0.6) is 0 Å². The van der Waals surface area contributed by atoms with Crippen LogP contribution in [-0.4, -0.2) is 96.7 Å². The van der Waals surface area contributed by atoms with E-state index in [9.17, 15) is 43.2 Å². The van der Waals surface area contributed by atoms with Gasteiger partial charge in [0.1, 0.15) is 19.3 Å². The predicted octanol–water partition coefficient (Wildman–Crippen LogP) is 29.0. The van der Waals surface area contributed by atoms with Gasteiger partial charge in [-0.05, 0) is 37.5 Å². The van der Waals surface area contributed by atoms with Crippen LogP contribution in [0.4, 0.5) is 0 Å². The predicted molar refractivity (Wildman–Crippen MR) is 465 cm³/mol. The van der Waals surface area contributed by atoms with Crippen molar-refractivity contribution >= 4 is 39.5 Å². The normalized spacial score (nSPS) is 14.2. The number of rotatable bonds is 92. The Labute approximate surface area is 689 Å². The molecule has 0 aliphatic heterocycles. The minimum atomic E-state index is -4.97. The zero-order valence-electron chi connectivity index (χ0n) is 74.0. The Morgan fingerprint density at radius 3 is 0.634 bits per heavy atom. The van der Waals surface area contributed by atoms with Gasteiger partial charge < -0.3 is 33.8 Å². The van der Waals surface area contributed by atoms with Gasteiger partial charge in [0.05, 0.1) is 26.4 Å². The van der Waals surface area contributed by atoms with Crippen LogP contribution in [0.25, 0.3) is 0 Å². The highest BCUT2D eigenvalue weighted by Gasteiger charge is 2.31. The van der Waals surface area contributed by atoms with E-state index in [1.165, 1.54) is 321 Å². The Bertz CT molecular complexity index is 2140. The lowest BCUT2D eigenvalue weighted by Crippen LogP contribution is -2.30. The molecule has 0 bridgehead atoms. The largest absolute Gasteiger partial charge is 0.472 e. The molecule has 0 amide bonds. The first-order valence-electron chi connectivity index (χ1n) is 48.1. The summed E-state index contributed by atoms with van der Waals surface area (Å²) in [7, 11) is -9.94. The van der Waals surface area contributed by atoms with E-state index in [1.54, 1.807) is 0 Å².